The maximum Gasteiger partial charge on any atom is 0.262 e. The van der Waals surface area contributed by atoms with E-state index in [0.717, 1.165) is 23.4 Å². The monoisotopic (exact) mass is 349 g/mol. The van der Waals surface area contributed by atoms with Gasteiger partial charge < -0.3 is 4.74 Å². The minimum absolute atomic E-state index is 0.116. The van der Waals surface area contributed by atoms with E-state index in [-0.39, 0.29) is 17.2 Å². The van der Waals surface area contributed by atoms with Crippen LogP contribution >= 0.6 is 0 Å². The molecule has 1 atom stereocenters. The second-order valence-corrected chi connectivity index (χ2v) is 6.46. The minimum Gasteiger partial charge on any atom is -0.373 e. The van der Waals surface area contributed by atoms with Crippen LogP contribution in [0.1, 0.15) is 29.3 Å². The highest BCUT2D eigenvalue weighted by atomic mass is 16.5. The SMILES string of the molecule is Cc1cnc(-n2cccc(C3CCO3)c2=O)cc1-n1c(C)cccc1=O. The molecule has 4 rings (SSSR count). The summed E-state index contributed by atoms with van der Waals surface area (Å²) in [7, 11) is 0. The molecule has 26 heavy (non-hydrogen) atoms. The molecule has 1 aliphatic rings. The molecule has 0 saturated carbocycles. The molecule has 0 spiro atoms. The zero-order chi connectivity index (χ0) is 18.3. The van der Waals surface area contributed by atoms with Gasteiger partial charge in [0, 0.05) is 42.2 Å². The van der Waals surface area contributed by atoms with Gasteiger partial charge in [0.1, 0.15) is 5.82 Å². The van der Waals surface area contributed by atoms with Crippen LogP contribution < -0.4 is 11.1 Å². The first-order valence-electron chi connectivity index (χ1n) is 8.55. The highest BCUT2D eigenvalue weighted by Crippen LogP contribution is 2.26. The molecular formula is C20H19N3O3. The van der Waals surface area contributed by atoms with E-state index >= 15 is 0 Å². The molecule has 0 bridgehead atoms. The van der Waals surface area contributed by atoms with Crippen molar-refractivity contribution in [2.45, 2.75) is 26.4 Å². The van der Waals surface area contributed by atoms with E-state index in [9.17, 15) is 9.59 Å². The zero-order valence-electron chi connectivity index (χ0n) is 14.7. The van der Waals surface area contributed by atoms with Crippen LogP contribution in [0.2, 0.25) is 0 Å². The molecule has 3 aromatic rings. The molecule has 1 saturated heterocycles. The van der Waals surface area contributed by atoms with Crippen molar-refractivity contribution in [1.82, 2.24) is 14.1 Å². The summed E-state index contributed by atoms with van der Waals surface area (Å²) >= 11 is 0. The molecule has 0 aromatic carbocycles. The van der Waals surface area contributed by atoms with Crippen molar-refractivity contribution in [3.8, 4) is 11.5 Å². The summed E-state index contributed by atoms with van der Waals surface area (Å²) in [5, 5.41) is 0. The van der Waals surface area contributed by atoms with E-state index in [4.69, 9.17) is 4.74 Å². The van der Waals surface area contributed by atoms with Crippen molar-refractivity contribution in [2.24, 2.45) is 0 Å². The lowest BCUT2D eigenvalue weighted by Gasteiger charge is -2.26. The van der Waals surface area contributed by atoms with Gasteiger partial charge in [-0.15, -0.1) is 0 Å². The number of hydrogen-bond acceptors (Lipinski definition) is 4. The van der Waals surface area contributed by atoms with Crippen LogP contribution in [0.4, 0.5) is 0 Å². The Labute approximate surface area is 150 Å². The van der Waals surface area contributed by atoms with Crippen molar-refractivity contribution in [2.75, 3.05) is 6.61 Å². The number of hydrogen-bond donors (Lipinski definition) is 0. The summed E-state index contributed by atoms with van der Waals surface area (Å²) in [6.45, 7) is 4.45. The van der Waals surface area contributed by atoms with Gasteiger partial charge in [-0.1, -0.05) is 6.07 Å². The van der Waals surface area contributed by atoms with E-state index in [2.05, 4.69) is 4.98 Å². The predicted octanol–water partition coefficient (Wildman–Crippen LogP) is 2.46. The minimum atomic E-state index is -0.142. The van der Waals surface area contributed by atoms with Crippen molar-refractivity contribution in [3.63, 3.8) is 0 Å². The standard InChI is InChI=1S/C20H19N3O3/c1-13-12-21-18(11-16(13)23-14(2)5-3-7-19(23)24)22-9-4-6-15(20(22)25)17-8-10-26-17/h3-7,9,11-12,17H,8,10H2,1-2H3. The number of aromatic nitrogens is 3. The van der Waals surface area contributed by atoms with Crippen molar-refractivity contribution in [1.29, 1.82) is 0 Å². The first-order chi connectivity index (χ1) is 12.6. The Morgan fingerprint density at radius 3 is 2.65 bits per heavy atom. The normalized spacial score (nSPS) is 16.3. The largest absolute Gasteiger partial charge is 0.373 e. The lowest BCUT2D eigenvalue weighted by Crippen LogP contribution is -2.29. The van der Waals surface area contributed by atoms with E-state index < -0.39 is 0 Å². The zero-order valence-corrected chi connectivity index (χ0v) is 14.7. The topological polar surface area (TPSA) is 66.1 Å². The van der Waals surface area contributed by atoms with Gasteiger partial charge in [0.2, 0.25) is 0 Å². The third-order valence-electron chi connectivity index (χ3n) is 4.72. The first-order valence-corrected chi connectivity index (χ1v) is 8.55. The Balaban J connectivity index is 1.88. The Morgan fingerprint density at radius 1 is 1.15 bits per heavy atom. The maximum absolute atomic E-state index is 12.8. The highest BCUT2D eigenvalue weighted by molar-refractivity contribution is 5.46. The Bertz CT molecular complexity index is 1090. The molecule has 6 heteroatoms. The molecule has 0 aliphatic carbocycles. The average Bonchev–Trinajstić information content (AvgIpc) is 2.57. The summed E-state index contributed by atoms with van der Waals surface area (Å²) in [6, 6.07) is 10.5. The summed E-state index contributed by atoms with van der Waals surface area (Å²) in [6.07, 6.45) is 4.08. The van der Waals surface area contributed by atoms with Crippen molar-refractivity contribution in [3.05, 3.63) is 86.3 Å². The molecule has 6 nitrogen and oxygen atoms in total. The third-order valence-corrected chi connectivity index (χ3v) is 4.72. The van der Waals surface area contributed by atoms with E-state index in [0.29, 0.717) is 18.0 Å². The molecule has 4 heterocycles. The van der Waals surface area contributed by atoms with Gasteiger partial charge in [-0.3, -0.25) is 18.7 Å². The lowest BCUT2D eigenvalue weighted by molar-refractivity contribution is -0.0536. The molecule has 0 radical (unpaired) electrons. The van der Waals surface area contributed by atoms with Gasteiger partial charge >= 0.3 is 0 Å². The summed E-state index contributed by atoms with van der Waals surface area (Å²) in [4.78, 5) is 29.6. The van der Waals surface area contributed by atoms with Crippen LogP contribution in [-0.2, 0) is 4.74 Å². The van der Waals surface area contributed by atoms with Gasteiger partial charge in [-0.2, -0.15) is 0 Å². The fourth-order valence-electron chi connectivity index (χ4n) is 3.19. The second-order valence-electron chi connectivity index (χ2n) is 6.46. The molecule has 1 fully saturated rings. The number of aryl methyl sites for hydroxylation is 2. The molecule has 1 unspecified atom stereocenters. The first kappa shape index (κ1) is 16.5. The van der Waals surface area contributed by atoms with Gasteiger partial charge in [0.15, 0.2) is 0 Å². The van der Waals surface area contributed by atoms with Crippen LogP contribution in [0.5, 0.6) is 0 Å². The predicted molar refractivity (Wildman–Crippen MR) is 98.2 cm³/mol. The van der Waals surface area contributed by atoms with Gasteiger partial charge in [0.25, 0.3) is 11.1 Å². The second kappa shape index (κ2) is 6.38. The van der Waals surface area contributed by atoms with Gasteiger partial charge in [-0.05, 0) is 37.6 Å². The molecule has 0 amide bonds. The van der Waals surface area contributed by atoms with Gasteiger partial charge in [-0.25, -0.2) is 4.98 Å². The van der Waals surface area contributed by atoms with E-state index in [1.807, 2.05) is 26.0 Å². The molecular weight excluding hydrogens is 330 g/mol. The fourth-order valence-corrected chi connectivity index (χ4v) is 3.19. The molecule has 1 aliphatic heterocycles. The number of rotatable bonds is 3. The fraction of sp³-hybridized carbons (Fsp3) is 0.250. The van der Waals surface area contributed by atoms with Crippen molar-refractivity contribution >= 4 is 0 Å². The summed E-state index contributed by atoms with van der Waals surface area (Å²) in [5.41, 5.74) is 2.77. The van der Waals surface area contributed by atoms with Crippen LogP contribution in [0.25, 0.3) is 11.5 Å². The van der Waals surface area contributed by atoms with Crippen LogP contribution in [0, 0.1) is 13.8 Å². The number of nitrogens with zero attached hydrogens (tertiary/aromatic N) is 3. The average molecular weight is 349 g/mol. The Kier molecular flexibility index (Phi) is 4.05. The van der Waals surface area contributed by atoms with E-state index in [1.165, 1.54) is 10.6 Å². The number of pyridine rings is 3. The van der Waals surface area contributed by atoms with Crippen LogP contribution in [0.15, 0.2) is 58.4 Å². The van der Waals surface area contributed by atoms with Crippen LogP contribution in [0.3, 0.4) is 0 Å². The summed E-state index contributed by atoms with van der Waals surface area (Å²) in [5.74, 6) is 0.479. The molecule has 132 valence electrons. The van der Waals surface area contributed by atoms with Crippen molar-refractivity contribution < 1.29 is 4.74 Å². The molecule has 0 N–H and O–H groups in total. The van der Waals surface area contributed by atoms with Crippen LogP contribution in [-0.4, -0.2) is 20.7 Å². The smallest absolute Gasteiger partial charge is 0.262 e. The Hall–Kier alpha value is -2.99. The van der Waals surface area contributed by atoms with Gasteiger partial charge in [0.05, 0.1) is 18.4 Å². The lowest BCUT2D eigenvalue weighted by atomic mass is 10.1. The molecule has 3 aromatic heterocycles. The maximum atomic E-state index is 12.8. The number of ether oxygens (including phenoxy) is 1. The quantitative estimate of drug-likeness (QED) is 0.728. The van der Waals surface area contributed by atoms with E-state index in [1.54, 1.807) is 35.2 Å². The third kappa shape index (κ3) is 2.68. The highest BCUT2D eigenvalue weighted by Gasteiger charge is 2.24. The summed E-state index contributed by atoms with van der Waals surface area (Å²) < 4.78 is 8.59. The Morgan fingerprint density at radius 2 is 1.96 bits per heavy atom.